The second-order valence-electron chi connectivity index (χ2n) is 2.14. The Morgan fingerprint density at radius 2 is 1.83 bits per heavy atom. The van der Waals surface area contributed by atoms with Crippen LogP contribution in [-0.4, -0.2) is 31.0 Å². The highest BCUT2D eigenvalue weighted by Crippen LogP contribution is 1.81. The summed E-state index contributed by atoms with van der Waals surface area (Å²) in [6.07, 6.45) is 0. The van der Waals surface area contributed by atoms with Crippen molar-refractivity contribution in [2.75, 3.05) is 14.1 Å². The van der Waals surface area contributed by atoms with Gasteiger partial charge in [-0.15, -0.1) is 0 Å². The van der Waals surface area contributed by atoms with Gasteiger partial charge < -0.3 is 10.4 Å². The Kier molecular flexibility index (Phi) is 8.62. The fourth-order valence-corrected chi connectivity index (χ4v) is 0.112. The SMILES string of the molecule is C=C(C)C(=O)O.CN=C(C)NC. The number of amidine groups is 1. The van der Waals surface area contributed by atoms with E-state index in [1.54, 1.807) is 7.05 Å². The first-order chi connectivity index (χ1) is 5.45. The highest BCUT2D eigenvalue weighted by molar-refractivity contribution is 5.84. The standard InChI is InChI=1S/C4H10N2.C4H6O2/c1-4(5-2)6-3;1-3(2)4(5)6/h1-3H3,(H,5,6);1H2,2H3,(H,5,6). The molecule has 0 aromatic heterocycles. The average Bonchev–Trinajstić information content (AvgIpc) is 2.04. The Hall–Kier alpha value is -1.32. The van der Waals surface area contributed by atoms with Crippen LogP contribution in [-0.2, 0) is 4.79 Å². The van der Waals surface area contributed by atoms with Crippen molar-refractivity contribution in [2.24, 2.45) is 4.99 Å². The molecule has 0 bridgehead atoms. The first-order valence-electron chi connectivity index (χ1n) is 3.45. The number of aliphatic carboxylic acids is 1. The maximum Gasteiger partial charge on any atom is 0.330 e. The molecule has 0 radical (unpaired) electrons. The zero-order chi connectivity index (χ0) is 10.1. The lowest BCUT2D eigenvalue weighted by Gasteiger charge is -1.90. The van der Waals surface area contributed by atoms with E-state index >= 15 is 0 Å². The van der Waals surface area contributed by atoms with Gasteiger partial charge in [0, 0.05) is 19.7 Å². The van der Waals surface area contributed by atoms with Crippen LogP contribution in [0.15, 0.2) is 17.1 Å². The topological polar surface area (TPSA) is 61.7 Å². The molecule has 0 aromatic rings. The van der Waals surface area contributed by atoms with Crippen LogP contribution in [0.25, 0.3) is 0 Å². The minimum atomic E-state index is -0.935. The van der Waals surface area contributed by atoms with E-state index in [1.165, 1.54) is 6.92 Å². The number of nitrogens with one attached hydrogen (secondary N) is 1. The summed E-state index contributed by atoms with van der Waals surface area (Å²) in [6, 6.07) is 0. The van der Waals surface area contributed by atoms with Crippen molar-refractivity contribution in [3.63, 3.8) is 0 Å². The van der Waals surface area contributed by atoms with Crippen LogP contribution < -0.4 is 5.32 Å². The van der Waals surface area contributed by atoms with Crippen LogP contribution in [0.1, 0.15) is 13.8 Å². The van der Waals surface area contributed by atoms with Crippen molar-refractivity contribution in [1.29, 1.82) is 0 Å². The van der Waals surface area contributed by atoms with Crippen molar-refractivity contribution in [1.82, 2.24) is 5.32 Å². The number of aliphatic imine (C=N–C) groups is 1. The summed E-state index contributed by atoms with van der Waals surface area (Å²) in [7, 11) is 3.61. The van der Waals surface area contributed by atoms with Crippen molar-refractivity contribution in [3.8, 4) is 0 Å². The molecule has 0 amide bonds. The molecule has 0 spiro atoms. The lowest BCUT2D eigenvalue weighted by Crippen LogP contribution is -2.12. The largest absolute Gasteiger partial charge is 0.478 e. The van der Waals surface area contributed by atoms with E-state index in [0.29, 0.717) is 0 Å². The molecule has 0 atom stereocenters. The lowest BCUT2D eigenvalue weighted by molar-refractivity contribution is -0.132. The maximum atomic E-state index is 9.60. The van der Waals surface area contributed by atoms with Gasteiger partial charge in [0.2, 0.25) is 0 Å². The van der Waals surface area contributed by atoms with Crippen molar-refractivity contribution >= 4 is 11.8 Å². The van der Waals surface area contributed by atoms with E-state index in [0.717, 1.165) is 5.84 Å². The summed E-state index contributed by atoms with van der Waals surface area (Å²) in [5.74, 6) is 0.0324. The van der Waals surface area contributed by atoms with Gasteiger partial charge in [-0.25, -0.2) is 4.79 Å². The van der Waals surface area contributed by atoms with Gasteiger partial charge in [-0.2, -0.15) is 0 Å². The Labute approximate surface area is 73.0 Å². The van der Waals surface area contributed by atoms with Crippen LogP contribution in [0.4, 0.5) is 0 Å². The van der Waals surface area contributed by atoms with E-state index in [2.05, 4.69) is 16.9 Å². The van der Waals surface area contributed by atoms with Gasteiger partial charge in [0.1, 0.15) is 0 Å². The van der Waals surface area contributed by atoms with Gasteiger partial charge in [0.05, 0.1) is 5.84 Å². The van der Waals surface area contributed by atoms with Gasteiger partial charge in [-0.1, -0.05) is 6.58 Å². The Balaban J connectivity index is 0. The molecule has 70 valence electrons. The molecule has 0 aromatic carbocycles. The molecule has 0 saturated carbocycles. The number of carboxylic acid groups (broad SMARTS) is 1. The third kappa shape index (κ3) is 11.5. The fraction of sp³-hybridized carbons (Fsp3) is 0.500. The normalized spacial score (nSPS) is 9.50. The van der Waals surface area contributed by atoms with E-state index in [-0.39, 0.29) is 5.57 Å². The zero-order valence-corrected chi connectivity index (χ0v) is 8.01. The van der Waals surface area contributed by atoms with Gasteiger partial charge >= 0.3 is 5.97 Å². The molecule has 0 aliphatic rings. The van der Waals surface area contributed by atoms with Crippen molar-refractivity contribution in [3.05, 3.63) is 12.2 Å². The number of nitrogens with zero attached hydrogens (tertiary/aromatic N) is 1. The molecule has 0 heterocycles. The Morgan fingerprint density at radius 1 is 1.50 bits per heavy atom. The average molecular weight is 172 g/mol. The number of carbonyl (C=O) groups is 1. The first-order valence-corrected chi connectivity index (χ1v) is 3.45. The molecule has 0 aliphatic carbocycles. The predicted octanol–water partition coefficient (Wildman–Crippen LogP) is 0.901. The number of hydrogen-bond donors (Lipinski definition) is 2. The van der Waals surface area contributed by atoms with Gasteiger partial charge in [-0.05, 0) is 13.8 Å². The van der Waals surface area contributed by atoms with Crippen molar-refractivity contribution in [2.45, 2.75) is 13.8 Å². The van der Waals surface area contributed by atoms with Crippen molar-refractivity contribution < 1.29 is 9.90 Å². The maximum absolute atomic E-state index is 9.60. The molecule has 0 unspecified atom stereocenters. The van der Waals surface area contributed by atoms with Crippen LogP contribution in [0.5, 0.6) is 0 Å². The van der Waals surface area contributed by atoms with Crippen LogP contribution in [0, 0.1) is 0 Å². The summed E-state index contributed by atoms with van der Waals surface area (Å²) in [6.45, 7) is 6.52. The molecule has 0 saturated heterocycles. The minimum absolute atomic E-state index is 0.176. The molecule has 4 nitrogen and oxygen atoms in total. The Bertz CT molecular complexity index is 173. The van der Waals surface area contributed by atoms with E-state index < -0.39 is 5.97 Å². The third-order valence-corrected chi connectivity index (χ3v) is 1.06. The number of hydrogen-bond acceptors (Lipinski definition) is 2. The summed E-state index contributed by atoms with van der Waals surface area (Å²) in [5, 5.41) is 10.8. The molecule has 4 heteroatoms. The molecular formula is C8H16N2O2. The summed E-state index contributed by atoms with van der Waals surface area (Å²) in [5.41, 5.74) is 0.176. The second kappa shape index (κ2) is 7.78. The van der Waals surface area contributed by atoms with E-state index in [9.17, 15) is 4.79 Å². The lowest BCUT2D eigenvalue weighted by atomic mass is 10.4. The smallest absolute Gasteiger partial charge is 0.330 e. The number of rotatable bonds is 1. The predicted molar refractivity (Wildman–Crippen MR) is 50.5 cm³/mol. The molecular weight excluding hydrogens is 156 g/mol. The monoisotopic (exact) mass is 172 g/mol. The molecule has 0 fully saturated rings. The van der Waals surface area contributed by atoms with E-state index in [1.807, 2.05) is 14.0 Å². The Morgan fingerprint density at radius 3 is 1.83 bits per heavy atom. The molecule has 2 N–H and O–H groups in total. The summed E-state index contributed by atoms with van der Waals surface area (Å²) >= 11 is 0. The first kappa shape index (κ1) is 13.3. The molecule has 0 rings (SSSR count). The van der Waals surface area contributed by atoms with Crippen LogP contribution in [0.3, 0.4) is 0 Å². The fourth-order valence-electron chi connectivity index (χ4n) is 0.112. The third-order valence-electron chi connectivity index (χ3n) is 1.06. The van der Waals surface area contributed by atoms with Gasteiger partial charge in [0.25, 0.3) is 0 Å². The summed E-state index contributed by atoms with van der Waals surface area (Å²) in [4.78, 5) is 13.4. The number of carboxylic acids is 1. The van der Waals surface area contributed by atoms with Gasteiger partial charge in [-0.3, -0.25) is 4.99 Å². The van der Waals surface area contributed by atoms with Crippen LogP contribution >= 0.6 is 0 Å². The highest BCUT2D eigenvalue weighted by atomic mass is 16.4. The van der Waals surface area contributed by atoms with Crippen LogP contribution in [0.2, 0.25) is 0 Å². The molecule has 0 aliphatic heterocycles. The summed E-state index contributed by atoms with van der Waals surface area (Å²) < 4.78 is 0. The minimum Gasteiger partial charge on any atom is -0.478 e. The zero-order valence-electron chi connectivity index (χ0n) is 8.01. The highest BCUT2D eigenvalue weighted by Gasteiger charge is 1.90. The quantitative estimate of drug-likeness (QED) is 0.351. The molecule has 12 heavy (non-hydrogen) atoms. The van der Waals surface area contributed by atoms with E-state index in [4.69, 9.17) is 5.11 Å². The second-order valence-corrected chi connectivity index (χ2v) is 2.14. The van der Waals surface area contributed by atoms with Gasteiger partial charge in [0.15, 0.2) is 0 Å².